The number of likely N-dealkylation sites (tertiary alicyclic amines) is 1. The summed E-state index contributed by atoms with van der Waals surface area (Å²) in [6, 6.07) is 8.98. The average Bonchev–Trinajstić information content (AvgIpc) is 2.61. The van der Waals surface area contributed by atoms with Crippen LogP contribution in [0.4, 0.5) is 0 Å². The van der Waals surface area contributed by atoms with E-state index in [-0.39, 0.29) is 18.6 Å². The van der Waals surface area contributed by atoms with Gasteiger partial charge in [0.15, 0.2) is 6.61 Å². The molecule has 1 aliphatic rings. The van der Waals surface area contributed by atoms with Crippen molar-refractivity contribution in [2.75, 3.05) is 39.8 Å². The highest BCUT2D eigenvalue weighted by molar-refractivity contribution is 5.77. The number of β-amino-alcohol motifs (C(OH)–C–C–N with tert-alkyl or cyclic N) is 1. The second-order valence-electron chi connectivity index (χ2n) is 6.76. The maximum atomic E-state index is 12.3. The number of nitrogens with zero attached hydrogens (tertiary/aromatic N) is 3. The van der Waals surface area contributed by atoms with Gasteiger partial charge in [-0.05, 0) is 50.9 Å². The van der Waals surface area contributed by atoms with E-state index in [1.54, 1.807) is 36.2 Å². The van der Waals surface area contributed by atoms with Crippen molar-refractivity contribution in [1.82, 2.24) is 9.80 Å². The fourth-order valence-corrected chi connectivity index (χ4v) is 3.15. The van der Waals surface area contributed by atoms with Crippen molar-refractivity contribution in [2.24, 2.45) is 5.92 Å². The first-order valence-corrected chi connectivity index (χ1v) is 8.76. The molecule has 1 amide bonds. The Labute approximate surface area is 149 Å². The normalized spacial score (nSPS) is 16.9. The average molecular weight is 345 g/mol. The van der Waals surface area contributed by atoms with Gasteiger partial charge in [-0.2, -0.15) is 5.26 Å². The molecule has 2 rings (SSSR count). The van der Waals surface area contributed by atoms with E-state index in [2.05, 4.69) is 11.0 Å². The van der Waals surface area contributed by atoms with Crippen LogP contribution in [-0.4, -0.2) is 66.8 Å². The maximum Gasteiger partial charge on any atom is 0.260 e. The summed E-state index contributed by atoms with van der Waals surface area (Å²) in [6.45, 7) is 5.10. The Morgan fingerprint density at radius 2 is 2.12 bits per heavy atom. The smallest absolute Gasteiger partial charge is 0.260 e. The van der Waals surface area contributed by atoms with Crippen LogP contribution >= 0.6 is 0 Å². The number of aliphatic hydroxyl groups excluding tert-OH is 1. The lowest BCUT2D eigenvalue weighted by molar-refractivity contribution is -0.132. The molecule has 6 heteroatoms. The zero-order chi connectivity index (χ0) is 18.2. The number of hydrogen-bond donors (Lipinski definition) is 1. The molecular formula is C19H27N3O3. The molecule has 0 aliphatic carbocycles. The van der Waals surface area contributed by atoms with Gasteiger partial charge in [-0.1, -0.05) is 12.1 Å². The number of hydrogen-bond acceptors (Lipinski definition) is 5. The number of benzene rings is 1. The highest BCUT2D eigenvalue weighted by Gasteiger charge is 2.22. The second-order valence-corrected chi connectivity index (χ2v) is 6.76. The SMILES string of the molecule is CC(O)CN1CCC(CN(C)C(=O)COc2ccccc2C#N)CC1. The predicted molar refractivity (Wildman–Crippen MR) is 95.1 cm³/mol. The highest BCUT2D eigenvalue weighted by Crippen LogP contribution is 2.19. The van der Waals surface area contributed by atoms with Crippen molar-refractivity contribution in [2.45, 2.75) is 25.9 Å². The number of carbonyl (C=O) groups is 1. The van der Waals surface area contributed by atoms with Crippen LogP contribution in [0.25, 0.3) is 0 Å². The van der Waals surface area contributed by atoms with Gasteiger partial charge in [0.25, 0.3) is 5.91 Å². The number of rotatable bonds is 7. The van der Waals surface area contributed by atoms with Crippen molar-refractivity contribution >= 4 is 5.91 Å². The minimum absolute atomic E-state index is 0.0595. The monoisotopic (exact) mass is 345 g/mol. The number of carbonyl (C=O) groups excluding carboxylic acids is 1. The Balaban J connectivity index is 1.75. The Morgan fingerprint density at radius 3 is 2.76 bits per heavy atom. The number of amides is 1. The largest absolute Gasteiger partial charge is 0.482 e. The summed E-state index contributed by atoms with van der Waals surface area (Å²) >= 11 is 0. The molecule has 0 radical (unpaired) electrons. The molecule has 1 atom stereocenters. The standard InChI is InChI=1S/C19H27N3O3/c1-15(23)12-22-9-7-16(8-10-22)13-21(2)19(24)14-25-18-6-4-3-5-17(18)11-20/h3-6,15-16,23H,7-10,12-14H2,1-2H3. The number of aliphatic hydroxyl groups is 1. The highest BCUT2D eigenvalue weighted by atomic mass is 16.5. The summed E-state index contributed by atoms with van der Waals surface area (Å²) in [6.07, 6.45) is 1.76. The molecule has 1 saturated heterocycles. The van der Waals surface area contributed by atoms with E-state index in [0.29, 0.717) is 30.3 Å². The fraction of sp³-hybridized carbons (Fsp3) is 0.579. The summed E-state index contributed by atoms with van der Waals surface area (Å²) < 4.78 is 5.51. The third kappa shape index (κ3) is 6.04. The number of para-hydroxylation sites is 1. The van der Waals surface area contributed by atoms with Crippen LogP contribution in [0.3, 0.4) is 0 Å². The number of ether oxygens (including phenoxy) is 1. The zero-order valence-corrected chi connectivity index (χ0v) is 15.0. The Hall–Kier alpha value is -2.10. The summed E-state index contributed by atoms with van der Waals surface area (Å²) in [5.74, 6) is 0.836. The van der Waals surface area contributed by atoms with Crippen LogP contribution in [0.15, 0.2) is 24.3 Å². The minimum Gasteiger partial charge on any atom is -0.482 e. The molecule has 1 unspecified atom stereocenters. The van der Waals surface area contributed by atoms with Gasteiger partial charge in [-0.15, -0.1) is 0 Å². The molecule has 6 nitrogen and oxygen atoms in total. The maximum absolute atomic E-state index is 12.3. The number of likely N-dealkylation sites (N-methyl/N-ethyl adjacent to an activating group) is 1. The summed E-state index contributed by atoms with van der Waals surface area (Å²) in [4.78, 5) is 16.3. The van der Waals surface area contributed by atoms with Gasteiger partial charge >= 0.3 is 0 Å². The quantitative estimate of drug-likeness (QED) is 0.810. The van der Waals surface area contributed by atoms with Crippen LogP contribution < -0.4 is 4.74 Å². The first kappa shape index (κ1) is 19.2. The van der Waals surface area contributed by atoms with E-state index >= 15 is 0 Å². The van der Waals surface area contributed by atoms with Crippen molar-refractivity contribution in [3.8, 4) is 11.8 Å². The molecule has 1 aromatic rings. The lowest BCUT2D eigenvalue weighted by Gasteiger charge is -2.34. The van der Waals surface area contributed by atoms with Gasteiger partial charge in [0.1, 0.15) is 11.8 Å². The Kier molecular flexibility index (Phi) is 7.23. The molecule has 1 aliphatic heterocycles. The van der Waals surface area contributed by atoms with Crippen LogP contribution in [0.1, 0.15) is 25.3 Å². The molecule has 0 spiro atoms. The molecule has 1 heterocycles. The van der Waals surface area contributed by atoms with Crippen molar-refractivity contribution in [1.29, 1.82) is 5.26 Å². The van der Waals surface area contributed by atoms with Crippen molar-refractivity contribution in [3.05, 3.63) is 29.8 Å². The lowest BCUT2D eigenvalue weighted by atomic mass is 9.96. The van der Waals surface area contributed by atoms with Crippen LogP contribution in [0.2, 0.25) is 0 Å². The van der Waals surface area contributed by atoms with Crippen LogP contribution in [-0.2, 0) is 4.79 Å². The van der Waals surface area contributed by atoms with Crippen molar-refractivity contribution < 1.29 is 14.6 Å². The van der Waals surface area contributed by atoms with Gasteiger partial charge < -0.3 is 19.6 Å². The molecule has 1 fully saturated rings. The van der Waals surface area contributed by atoms with Gasteiger partial charge in [0, 0.05) is 20.1 Å². The lowest BCUT2D eigenvalue weighted by Crippen LogP contribution is -2.42. The molecule has 0 bridgehead atoms. The van der Waals surface area contributed by atoms with Gasteiger partial charge in [0.05, 0.1) is 11.7 Å². The van der Waals surface area contributed by atoms with E-state index in [1.807, 2.05) is 6.92 Å². The first-order chi connectivity index (χ1) is 12.0. The molecule has 136 valence electrons. The summed E-state index contributed by atoms with van der Waals surface area (Å²) in [5.41, 5.74) is 0.434. The fourth-order valence-electron chi connectivity index (χ4n) is 3.15. The van der Waals surface area contributed by atoms with Crippen molar-refractivity contribution in [3.63, 3.8) is 0 Å². The molecule has 0 saturated carbocycles. The van der Waals surface area contributed by atoms with Crippen LogP contribution in [0.5, 0.6) is 5.75 Å². The van der Waals surface area contributed by atoms with E-state index in [4.69, 9.17) is 10.00 Å². The molecule has 1 N–H and O–H groups in total. The van der Waals surface area contributed by atoms with E-state index in [0.717, 1.165) is 25.9 Å². The first-order valence-electron chi connectivity index (χ1n) is 8.76. The van der Waals surface area contributed by atoms with E-state index < -0.39 is 0 Å². The second kappa shape index (κ2) is 9.40. The minimum atomic E-state index is -0.297. The molecular weight excluding hydrogens is 318 g/mol. The topological polar surface area (TPSA) is 76.8 Å². The van der Waals surface area contributed by atoms with Gasteiger partial charge in [-0.3, -0.25) is 4.79 Å². The number of nitriles is 1. The molecule has 1 aromatic carbocycles. The molecule has 25 heavy (non-hydrogen) atoms. The summed E-state index contributed by atoms with van der Waals surface area (Å²) in [5, 5.41) is 18.5. The third-order valence-corrected chi connectivity index (χ3v) is 4.55. The van der Waals surface area contributed by atoms with E-state index in [1.165, 1.54) is 0 Å². The third-order valence-electron chi connectivity index (χ3n) is 4.55. The Bertz CT molecular complexity index is 604. The number of piperidine rings is 1. The predicted octanol–water partition coefficient (Wildman–Crippen LogP) is 1.49. The van der Waals surface area contributed by atoms with E-state index in [9.17, 15) is 9.90 Å². The Morgan fingerprint density at radius 1 is 1.44 bits per heavy atom. The van der Waals surface area contributed by atoms with Gasteiger partial charge in [-0.25, -0.2) is 0 Å². The van der Waals surface area contributed by atoms with Gasteiger partial charge in [0.2, 0.25) is 0 Å². The zero-order valence-electron chi connectivity index (χ0n) is 15.0. The van der Waals surface area contributed by atoms with Crippen LogP contribution in [0, 0.1) is 17.2 Å². The molecule has 0 aromatic heterocycles. The summed E-state index contributed by atoms with van der Waals surface area (Å²) in [7, 11) is 1.80.